The number of carbonyl (C=O) groups excluding carboxylic acids is 2. The summed E-state index contributed by atoms with van der Waals surface area (Å²) in [7, 11) is 0. The third kappa shape index (κ3) is 3.77. The number of hydrogen-bond donors (Lipinski definition) is 2. The van der Waals surface area contributed by atoms with E-state index in [1.165, 1.54) is 16.2 Å². The summed E-state index contributed by atoms with van der Waals surface area (Å²) in [6.45, 7) is 2.61. The Morgan fingerprint density at radius 1 is 1.40 bits per heavy atom. The average Bonchev–Trinajstić information content (AvgIpc) is 3.19. The Hall–Kier alpha value is -1.74. The average molecular weight is 384 g/mol. The van der Waals surface area contributed by atoms with Crippen LogP contribution < -0.4 is 5.32 Å². The highest BCUT2D eigenvalue weighted by atomic mass is 32.2. The molecule has 1 atom stereocenters. The number of nitrogens with one attached hydrogen (secondary N) is 1. The van der Waals surface area contributed by atoms with Crippen molar-refractivity contribution in [3.05, 3.63) is 11.1 Å². The first kappa shape index (κ1) is 18.1. The molecule has 0 aliphatic carbocycles. The van der Waals surface area contributed by atoms with Gasteiger partial charge in [0, 0.05) is 13.1 Å². The molecular formula is C16H20N2O5S2. The number of anilines is 1. The zero-order valence-electron chi connectivity index (χ0n) is 13.9. The predicted molar refractivity (Wildman–Crippen MR) is 95.7 cm³/mol. The Labute approximate surface area is 153 Å². The molecule has 136 valence electrons. The second-order valence-corrected chi connectivity index (χ2v) is 8.33. The van der Waals surface area contributed by atoms with Gasteiger partial charge < -0.3 is 14.7 Å². The van der Waals surface area contributed by atoms with E-state index in [0.29, 0.717) is 23.5 Å². The summed E-state index contributed by atoms with van der Waals surface area (Å²) in [4.78, 5) is 37.4. The molecule has 0 spiro atoms. The van der Waals surface area contributed by atoms with Crippen molar-refractivity contribution in [2.75, 3.05) is 30.8 Å². The topological polar surface area (TPSA) is 95.9 Å². The van der Waals surface area contributed by atoms with Gasteiger partial charge in [-0.05, 0) is 37.5 Å². The predicted octanol–water partition coefficient (Wildman–Crippen LogP) is 2.90. The van der Waals surface area contributed by atoms with Gasteiger partial charge in [-0.25, -0.2) is 9.59 Å². The lowest BCUT2D eigenvalue weighted by Gasteiger charge is -2.17. The first-order valence-corrected chi connectivity index (χ1v) is 10.1. The Balaban J connectivity index is 1.80. The lowest BCUT2D eigenvalue weighted by molar-refractivity contribution is -0.141. The number of rotatable bonds is 4. The quantitative estimate of drug-likeness (QED) is 0.775. The van der Waals surface area contributed by atoms with Crippen LogP contribution in [0.4, 0.5) is 9.80 Å². The fourth-order valence-corrected chi connectivity index (χ4v) is 5.58. The lowest BCUT2D eigenvalue weighted by Crippen LogP contribution is -2.34. The van der Waals surface area contributed by atoms with Crippen LogP contribution in [0.1, 0.15) is 35.7 Å². The van der Waals surface area contributed by atoms with Gasteiger partial charge >= 0.3 is 18.0 Å². The van der Waals surface area contributed by atoms with E-state index in [9.17, 15) is 14.4 Å². The fraction of sp³-hybridized carbons (Fsp3) is 0.562. The van der Waals surface area contributed by atoms with Gasteiger partial charge in [-0.2, -0.15) is 0 Å². The molecule has 2 amide bonds. The number of carboxylic acids is 1. The first-order valence-electron chi connectivity index (χ1n) is 8.25. The Bertz CT molecular complexity index is 703. The Kier molecular flexibility index (Phi) is 5.53. The summed E-state index contributed by atoms with van der Waals surface area (Å²) in [5, 5.41) is 12.4. The molecule has 2 aliphatic heterocycles. The number of ether oxygens (including phenoxy) is 1. The molecule has 1 fully saturated rings. The summed E-state index contributed by atoms with van der Waals surface area (Å²) in [5.41, 5.74) is 1.41. The normalized spacial score (nSPS) is 19.4. The van der Waals surface area contributed by atoms with Crippen LogP contribution in [-0.4, -0.2) is 53.4 Å². The van der Waals surface area contributed by atoms with E-state index in [1.54, 1.807) is 18.7 Å². The molecule has 0 aromatic carbocycles. The molecule has 1 saturated heterocycles. The maximum Gasteiger partial charge on any atom is 0.341 e. The SMILES string of the molecule is CCOC(=O)c1c(NC(=O)N2CCC(C(=O)O)C2)sc2c1CCCS2. The number of nitrogens with zero attached hydrogens (tertiary/aromatic N) is 1. The zero-order valence-corrected chi connectivity index (χ0v) is 15.5. The summed E-state index contributed by atoms with van der Waals surface area (Å²) in [6, 6.07) is -0.363. The van der Waals surface area contributed by atoms with Crippen molar-refractivity contribution in [2.45, 2.75) is 30.4 Å². The van der Waals surface area contributed by atoms with Crippen molar-refractivity contribution in [3.63, 3.8) is 0 Å². The Morgan fingerprint density at radius 3 is 2.88 bits per heavy atom. The molecule has 3 heterocycles. The smallest absolute Gasteiger partial charge is 0.341 e. The third-order valence-electron chi connectivity index (χ3n) is 4.30. The van der Waals surface area contributed by atoms with Crippen LogP contribution in [0.15, 0.2) is 4.21 Å². The zero-order chi connectivity index (χ0) is 18.0. The van der Waals surface area contributed by atoms with E-state index in [-0.39, 0.29) is 19.2 Å². The number of carboxylic acid groups (broad SMARTS) is 1. The molecule has 0 saturated carbocycles. The van der Waals surface area contributed by atoms with Crippen LogP contribution in [0, 0.1) is 5.92 Å². The molecule has 7 nitrogen and oxygen atoms in total. The number of hydrogen-bond acceptors (Lipinski definition) is 6. The second kappa shape index (κ2) is 7.65. The van der Waals surface area contributed by atoms with E-state index in [1.807, 2.05) is 0 Å². The summed E-state index contributed by atoms with van der Waals surface area (Å²) >= 11 is 3.09. The van der Waals surface area contributed by atoms with E-state index < -0.39 is 17.9 Å². The van der Waals surface area contributed by atoms with Gasteiger partial charge in [0.15, 0.2) is 0 Å². The van der Waals surface area contributed by atoms with Crippen molar-refractivity contribution >= 4 is 46.1 Å². The molecule has 2 N–H and O–H groups in total. The number of esters is 1. The minimum Gasteiger partial charge on any atom is -0.481 e. The maximum absolute atomic E-state index is 12.5. The van der Waals surface area contributed by atoms with Crippen LogP contribution >= 0.6 is 23.1 Å². The van der Waals surface area contributed by atoms with E-state index in [2.05, 4.69) is 5.32 Å². The molecule has 1 unspecified atom stereocenters. The molecule has 3 rings (SSSR count). The van der Waals surface area contributed by atoms with Crippen molar-refractivity contribution in [1.82, 2.24) is 4.90 Å². The van der Waals surface area contributed by atoms with E-state index in [0.717, 1.165) is 28.4 Å². The number of amides is 2. The number of thiophene rings is 1. The molecular weight excluding hydrogens is 364 g/mol. The lowest BCUT2D eigenvalue weighted by atomic mass is 10.1. The minimum absolute atomic E-state index is 0.190. The molecule has 1 aromatic rings. The Morgan fingerprint density at radius 2 is 2.20 bits per heavy atom. The number of aliphatic carboxylic acids is 1. The van der Waals surface area contributed by atoms with Crippen molar-refractivity contribution < 1.29 is 24.2 Å². The highest BCUT2D eigenvalue weighted by Crippen LogP contribution is 2.44. The van der Waals surface area contributed by atoms with Gasteiger partial charge in [-0.3, -0.25) is 10.1 Å². The molecule has 2 aliphatic rings. The van der Waals surface area contributed by atoms with Gasteiger partial charge in [-0.15, -0.1) is 23.1 Å². The molecule has 0 bridgehead atoms. The summed E-state index contributed by atoms with van der Waals surface area (Å²) < 4.78 is 6.21. The summed E-state index contributed by atoms with van der Waals surface area (Å²) in [6.07, 6.45) is 2.23. The highest BCUT2D eigenvalue weighted by molar-refractivity contribution is 8.01. The van der Waals surface area contributed by atoms with Crippen molar-refractivity contribution in [2.24, 2.45) is 5.92 Å². The first-order chi connectivity index (χ1) is 12.0. The molecule has 9 heteroatoms. The fourth-order valence-electron chi connectivity index (χ4n) is 3.03. The van der Waals surface area contributed by atoms with Crippen LogP contribution in [0.3, 0.4) is 0 Å². The number of fused-ring (bicyclic) bond motifs is 1. The monoisotopic (exact) mass is 384 g/mol. The molecule has 25 heavy (non-hydrogen) atoms. The van der Waals surface area contributed by atoms with Gasteiger partial charge in [0.1, 0.15) is 5.00 Å². The van der Waals surface area contributed by atoms with E-state index in [4.69, 9.17) is 9.84 Å². The summed E-state index contributed by atoms with van der Waals surface area (Å²) in [5.74, 6) is -0.828. The number of likely N-dealkylation sites (tertiary alicyclic amines) is 1. The third-order valence-corrected chi connectivity index (χ3v) is 6.85. The molecule has 0 radical (unpaired) electrons. The van der Waals surface area contributed by atoms with Gasteiger partial charge in [0.25, 0.3) is 0 Å². The van der Waals surface area contributed by atoms with Crippen molar-refractivity contribution in [1.29, 1.82) is 0 Å². The number of thioether (sulfide) groups is 1. The van der Waals surface area contributed by atoms with Crippen LogP contribution in [0.25, 0.3) is 0 Å². The van der Waals surface area contributed by atoms with Gasteiger partial charge in [0.05, 0.1) is 22.3 Å². The van der Waals surface area contributed by atoms with E-state index >= 15 is 0 Å². The van der Waals surface area contributed by atoms with Crippen LogP contribution in [-0.2, 0) is 16.0 Å². The van der Waals surface area contributed by atoms with Gasteiger partial charge in [0.2, 0.25) is 0 Å². The highest BCUT2D eigenvalue weighted by Gasteiger charge is 2.33. The standard InChI is InChI=1S/C16H20N2O5S2/c1-2-23-14(21)11-10-4-3-7-24-15(10)25-12(11)17-16(22)18-6-5-9(8-18)13(19)20/h9H,2-8H2,1H3,(H,17,22)(H,19,20). The second-order valence-electron chi connectivity index (χ2n) is 5.94. The molecule has 1 aromatic heterocycles. The van der Waals surface area contributed by atoms with Gasteiger partial charge in [-0.1, -0.05) is 0 Å². The number of urea groups is 1. The largest absolute Gasteiger partial charge is 0.481 e. The number of carbonyl (C=O) groups is 3. The maximum atomic E-state index is 12.5. The van der Waals surface area contributed by atoms with Crippen molar-refractivity contribution in [3.8, 4) is 0 Å². The minimum atomic E-state index is -0.884. The van der Waals surface area contributed by atoms with Crippen LogP contribution in [0.2, 0.25) is 0 Å². The van der Waals surface area contributed by atoms with Crippen LogP contribution in [0.5, 0.6) is 0 Å².